The fourth-order valence-electron chi connectivity index (χ4n) is 1.01. The standard InChI is InChI=1S/C6H9N4/c1-2-9-6-5(8-1)3-7-4-10-6/h1,4,7,9-10H,2-3H2. The Morgan fingerprint density at radius 2 is 2.50 bits per heavy atom. The van der Waals surface area contributed by atoms with Crippen molar-refractivity contribution in [3.8, 4) is 0 Å². The predicted octanol–water partition coefficient (Wildman–Crippen LogP) is -0.858. The lowest BCUT2D eigenvalue weighted by Crippen LogP contribution is -2.40. The van der Waals surface area contributed by atoms with Gasteiger partial charge in [-0.1, -0.05) is 0 Å². The highest BCUT2D eigenvalue weighted by Gasteiger charge is 2.11. The van der Waals surface area contributed by atoms with Crippen LogP contribution in [0.4, 0.5) is 0 Å². The molecule has 4 nitrogen and oxygen atoms in total. The molecule has 0 saturated heterocycles. The van der Waals surface area contributed by atoms with Crippen LogP contribution in [-0.4, -0.2) is 19.3 Å². The Labute approximate surface area is 59.4 Å². The Morgan fingerprint density at radius 1 is 1.50 bits per heavy atom. The Hall–Kier alpha value is -1.03. The molecule has 10 heavy (non-hydrogen) atoms. The van der Waals surface area contributed by atoms with Crippen molar-refractivity contribution in [3.05, 3.63) is 18.2 Å². The highest BCUT2D eigenvalue weighted by atomic mass is 15.2. The molecule has 53 valence electrons. The summed E-state index contributed by atoms with van der Waals surface area (Å²) in [6.45, 7) is 3.44. The molecule has 0 aromatic rings. The Bertz CT molecular complexity index is 194. The van der Waals surface area contributed by atoms with Gasteiger partial charge in [0.15, 0.2) is 0 Å². The fourth-order valence-corrected chi connectivity index (χ4v) is 1.01. The second-order valence-electron chi connectivity index (χ2n) is 2.18. The molecule has 2 aliphatic heterocycles. The maximum Gasteiger partial charge on any atom is 0.124 e. The number of nitrogens with one attached hydrogen (secondary N) is 3. The van der Waals surface area contributed by atoms with Gasteiger partial charge in [0.1, 0.15) is 12.5 Å². The first-order chi connectivity index (χ1) is 4.97. The van der Waals surface area contributed by atoms with E-state index in [9.17, 15) is 0 Å². The highest BCUT2D eigenvalue weighted by Crippen LogP contribution is 2.05. The number of aliphatic imine (C=N–C) groups is 1. The molecule has 0 atom stereocenters. The summed E-state index contributed by atoms with van der Waals surface area (Å²) >= 11 is 0. The topological polar surface area (TPSA) is 48.4 Å². The summed E-state index contributed by atoms with van der Waals surface area (Å²) in [5.74, 6) is 1.03. The summed E-state index contributed by atoms with van der Waals surface area (Å²) in [6, 6.07) is 0. The Kier molecular flexibility index (Phi) is 1.32. The van der Waals surface area contributed by atoms with Crippen LogP contribution in [0.15, 0.2) is 16.5 Å². The van der Waals surface area contributed by atoms with E-state index in [1.54, 1.807) is 0 Å². The minimum absolute atomic E-state index is 0.811. The fraction of sp³-hybridized carbons (Fsp3) is 0.333. The van der Waals surface area contributed by atoms with E-state index in [2.05, 4.69) is 20.9 Å². The zero-order valence-corrected chi connectivity index (χ0v) is 5.52. The van der Waals surface area contributed by atoms with Gasteiger partial charge >= 0.3 is 0 Å². The minimum Gasteiger partial charge on any atom is -0.365 e. The summed E-state index contributed by atoms with van der Waals surface area (Å²) in [7, 11) is 0. The van der Waals surface area contributed by atoms with Crippen LogP contribution in [0, 0.1) is 6.67 Å². The molecule has 0 aromatic carbocycles. The largest absolute Gasteiger partial charge is 0.365 e. The van der Waals surface area contributed by atoms with Gasteiger partial charge in [-0.25, -0.2) is 0 Å². The van der Waals surface area contributed by atoms with Crippen molar-refractivity contribution >= 4 is 6.21 Å². The van der Waals surface area contributed by atoms with Crippen LogP contribution >= 0.6 is 0 Å². The molecule has 4 heteroatoms. The Balaban J connectivity index is 2.23. The van der Waals surface area contributed by atoms with Crippen LogP contribution in [0.5, 0.6) is 0 Å². The van der Waals surface area contributed by atoms with E-state index >= 15 is 0 Å². The molecule has 0 fully saturated rings. The van der Waals surface area contributed by atoms with E-state index < -0.39 is 0 Å². The molecule has 0 aromatic heterocycles. The summed E-state index contributed by atoms with van der Waals surface area (Å²) in [4.78, 5) is 4.20. The van der Waals surface area contributed by atoms with Crippen LogP contribution < -0.4 is 16.0 Å². The van der Waals surface area contributed by atoms with Gasteiger partial charge in [0.05, 0.1) is 12.2 Å². The van der Waals surface area contributed by atoms with Crippen molar-refractivity contribution in [3.63, 3.8) is 0 Å². The third-order valence-corrected chi connectivity index (χ3v) is 1.49. The summed E-state index contributed by atoms with van der Waals surface area (Å²) < 4.78 is 0. The average Bonchev–Trinajstić information content (AvgIpc) is 2.05. The van der Waals surface area contributed by atoms with E-state index in [1.807, 2.05) is 12.9 Å². The second-order valence-corrected chi connectivity index (χ2v) is 2.18. The molecular formula is C6H9N4. The van der Waals surface area contributed by atoms with Crippen molar-refractivity contribution in [2.45, 2.75) is 0 Å². The van der Waals surface area contributed by atoms with Gasteiger partial charge in [0, 0.05) is 12.8 Å². The van der Waals surface area contributed by atoms with Gasteiger partial charge in [-0.05, 0) is 0 Å². The minimum atomic E-state index is 0.811. The highest BCUT2D eigenvalue weighted by molar-refractivity contribution is 5.63. The van der Waals surface area contributed by atoms with Gasteiger partial charge in [0.2, 0.25) is 0 Å². The SMILES string of the molecule is [CH]1NCC2=C(N1)NCC=N2. The molecule has 0 bridgehead atoms. The number of rotatable bonds is 0. The van der Waals surface area contributed by atoms with Crippen LogP contribution in [0.25, 0.3) is 0 Å². The van der Waals surface area contributed by atoms with Crippen LogP contribution in [0.2, 0.25) is 0 Å². The molecule has 2 aliphatic rings. The molecular weight excluding hydrogens is 128 g/mol. The van der Waals surface area contributed by atoms with Crippen LogP contribution in [0.3, 0.4) is 0 Å². The van der Waals surface area contributed by atoms with Crippen LogP contribution in [-0.2, 0) is 0 Å². The number of hydrogen-bond acceptors (Lipinski definition) is 4. The average molecular weight is 137 g/mol. The number of nitrogens with zero attached hydrogens (tertiary/aromatic N) is 1. The van der Waals surface area contributed by atoms with Gasteiger partial charge in [-0.2, -0.15) is 0 Å². The van der Waals surface area contributed by atoms with E-state index in [1.165, 1.54) is 0 Å². The number of hydrogen-bond donors (Lipinski definition) is 3. The molecule has 0 saturated carbocycles. The zero-order chi connectivity index (χ0) is 6.81. The third kappa shape index (κ3) is 0.863. The smallest absolute Gasteiger partial charge is 0.124 e. The van der Waals surface area contributed by atoms with Crippen molar-refractivity contribution in [2.75, 3.05) is 13.1 Å². The first-order valence-corrected chi connectivity index (χ1v) is 3.28. The maximum absolute atomic E-state index is 4.20. The maximum atomic E-state index is 4.20. The molecule has 2 heterocycles. The van der Waals surface area contributed by atoms with E-state index in [0.29, 0.717) is 0 Å². The quantitative estimate of drug-likeness (QED) is 0.407. The first kappa shape index (κ1) is 5.73. The second kappa shape index (κ2) is 2.30. The lowest BCUT2D eigenvalue weighted by molar-refractivity contribution is 0.641. The zero-order valence-electron chi connectivity index (χ0n) is 5.52. The van der Waals surface area contributed by atoms with Crippen molar-refractivity contribution in [1.29, 1.82) is 0 Å². The molecule has 2 rings (SSSR count). The van der Waals surface area contributed by atoms with Gasteiger partial charge in [-0.3, -0.25) is 10.3 Å². The first-order valence-electron chi connectivity index (χ1n) is 3.28. The van der Waals surface area contributed by atoms with Crippen molar-refractivity contribution in [1.82, 2.24) is 16.0 Å². The van der Waals surface area contributed by atoms with E-state index in [-0.39, 0.29) is 0 Å². The molecule has 0 aliphatic carbocycles. The predicted molar refractivity (Wildman–Crippen MR) is 39.0 cm³/mol. The lowest BCUT2D eigenvalue weighted by Gasteiger charge is -2.22. The van der Waals surface area contributed by atoms with E-state index in [0.717, 1.165) is 24.6 Å². The van der Waals surface area contributed by atoms with Gasteiger partial charge in [-0.15, -0.1) is 0 Å². The Morgan fingerprint density at radius 3 is 3.40 bits per heavy atom. The molecule has 1 radical (unpaired) electrons. The van der Waals surface area contributed by atoms with Gasteiger partial charge < -0.3 is 10.6 Å². The van der Waals surface area contributed by atoms with Crippen LogP contribution in [0.1, 0.15) is 0 Å². The monoisotopic (exact) mass is 137 g/mol. The lowest BCUT2D eigenvalue weighted by atomic mass is 10.3. The summed E-state index contributed by atoms with van der Waals surface area (Å²) in [6.07, 6.45) is 1.87. The summed E-state index contributed by atoms with van der Waals surface area (Å²) in [5.41, 5.74) is 1.05. The normalized spacial score (nSPS) is 23.2. The molecule has 0 unspecified atom stereocenters. The van der Waals surface area contributed by atoms with Gasteiger partial charge in [0.25, 0.3) is 0 Å². The molecule has 0 amide bonds. The molecule has 0 spiro atoms. The molecule has 3 N–H and O–H groups in total. The summed E-state index contributed by atoms with van der Waals surface area (Å²) in [5, 5.41) is 9.24. The van der Waals surface area contributed by atoms with Crippen molar-refractivity contribution < 1.29 is 0 Å². The third-order valence-electron chi connectivity index (χ3n) is 1.49. The van der Waals surface area contributed by atoms with E-state index in [4.69, 9.17) is 0 Å². The van der Waals surface area contributed by atoms with Crippen molar-refractivity contribution in [2.24, 2.45) is 4.99 Å².